The van der Waals surface area contributed by atoms with Crippen molar-refractivity contribution in [3.63, 3.8) is 0 Å². The first-order chi connectivity index (χ1) is 9.61. The number of piperazine rings is 1. The molecule has 1 aromatic rings. The first-order valence-electron chi connectivity index (χ1n) is 5.96. The summed E-state index contributed by atoms with van der Waals surface area (Å²) in [5.74, 6) is 0. The van der Waals surface area contributed by atoms with Crippen LogP contribution in [0.5, 0.6) is 0 Å². The maximum atomic E-state index is 12.4. The van der Waals surface area contributed by atoms with Crippen LogP contribution in [0, 0.1) is 0 Å². The quantitative estimate of drug-likeness (QED) is 0.747. The highest BCUT2D eigenvalue weighted by Crippen LogP contribution is 2.24. The fourth-order valence-electron chi connectivity index (χ4n) is 2.10. The van der Waals surface area contributed by atoms with Crippen molar-refractivity contribution < 1.29 is 21.6 Å². The van der Waals surface area contributed by atoms with Crippen LogP contribution in [0.4, 0.5) is 13.2 Å². The second-order valence-corrected chi connectivity index (χ2v) is 7.21. The van der Waals surface area contributed by atoms with Gasteiger partial charge in [-0.3, -0.25) is 4.90 Å². The zero-order valence-electron chi connectivity index (χ0n) is 11.0. The average Bonchev–Trinajstić information content (AvgIpc) is 2.68. The Morgan fingerprint density at radius 2 is 1.81 bits per heavy atom. The van der Waals surface area contributed by atoms with Crippen molar-refractivity contribution in [1.82, 2.24) is 24.2 Å². The van der Waals surface area contributed by atoms with Crippen molar-refractivity contribution in [3.8, 4) is 0 Å². The predicted molar refractivity (Wildman–Crippen MR) is 70.0 cm³/mol. The van der Waals surface area contributed by atoms with Gasteiger partial charge in [0.05, 0.1) is 6.54 Å². The summed E-state index contributed by atoms with van der Waals surface area (Å²) in [4.78, 5) is 1.18. The van der Waals surface area contributed by atoms with Gasteiger partial charge in [-0.15, -0.1) is 5.10 Å². The molecule has 0 aromatic carbocycles. The number of aryl methyl sites for hydroxylation is 1. The van der Waals surface area contributed by atoms with Crippen LogP contribution in [-0.4, -0.2) is 71.5 Å². The third-order valence-electron chi connectivity index (χ3n) is 3.06. The SMILES string of the molecule is Cn1nnc(Br)c1S(=O)(=O)N1CCN(CC(F)(F)F)CC1. The Bertz CT molecular complexity index is 590. The predicted octanol–water partition coefficient (Wildman–Crippen LogP) is 0.446. The van der Waals surface area contributed by atoms with Crippen LogP contribution in [0.25, 0.3) is 0 Å². The Kier molecular flexibility index (Phi) is 4.61. The molecule has 7 nitrogen and oxygen atoms in total. The first-order valence-corrected chi connectivity index (χ1v) is 8.19. The Morgan fingerprint density at radius 3 is 2.24 bits per heavy atom. The zero-order chi connectivity index (χ0) is 15.8. The molecule has 21 heavy (non-hydrogen) atoms. The van der Waals surface area contributed by atoms with Crippen molar-refractivity contribution in [2.45, 2.75) is 11.2 Å². The summed E-state index contributed by atoms with van der Waals surface area (Å²) >= 11 is 3.01. The third kappa shape index (κ3) is 3.73. The fourth-order valence-corrected chi connectivity index (χ4v) is 4.55. The largest absolute Gasteiger partial charge is 0.401 e. The van der Waals surface area contributed by atoms with Crippen molar-refractivity contribution in [3.05, 3.63) is 4.60 Å². The number of aromatic nitrogens is 3. The molecule has 1 aliphatic rings. The molecule has 2 heterocycles. The molecule has 1 aliphatic heterocycles. The van der Waals surface area contributed by atoms with E-state index in [0.29, 0.717) is 0 Å². The van der Waals surface area contributed by atoms with Crippen LogP contribution < -0.4 is 0 Å². The summed E-state index contributed by atoms with van der Waals surface area (Å²) in [5, 5.41) is 7.10. The fraction of sp³-hybridized carbons (Fsp3) is 0.778. The molecule has 12 heteroatoms. The Balaban J connectivity index is 2.08. The Hall–Kier alpha value is -0.720. The van der Waals surface area contributed by atoms with Crippen LogP contribution in [0.3, 0.4) is 0 Å². The van der Waals surface area contributed by atoms with Gasteiger partial charge in [0.15, 0.2) is 4.60 Å². The number of rotatable bonds is 3. The lowest BCUT2D eigenvalue weighted by atomic mass is 10.3. The van der Waals surface area contributed by atoms with E-state index in [1.165, 1.54) is 11.9 Å². The van der Waals surface area contributed by atoms with Gasteiger partial charge in [0, 0.05) is 33.2 Å². The molecule has 0 amide bonds. The molecule has 1 aromatic heterocycles. The normalized spacial score (nSPS) is 19.1. The van der Waals surface area contributed by atoms with Gasteiger partial charge in [0.1, 0.15) is 0 Å². The summed E-state index contributed by atoms with van der Waals surface area (Å²) in [7, 11) is -2.40. The highest BCUT2D eigenvalue weighted by molar-refractivity contribution is 9.10. The molecular weight excluding hydrogens is 379 g/mol. The molecule has 0 spiro atoms. The number of hydrogen-bond donors (Lipinski definition) is 0. The summed E-state index contributed by atoms with van der Waals surface area (Å²) in [6, 6.07) is 0. The van der Waals surface area contributed by atoms with E-state index in [1.807, 2.05) is 0 Å². The number of sulfonamides is 1. The molecule has 0 radical (unpaired) electrons. The molecular formula is C9H13BrF3N5O2S. The Labute approximate surface area is 127 Å². The van der Waals surface area contributed by atoms with E-state index in [0.717, 1.165) is 8.99 Å². The number of alkyl halides is 3. The molecule has 120 valence electrons. The van der Waals surface area contributed by atoms with E-state index in [4.69, 9.17) is 0 Å². The minimum absolute atomic E-state index is 0.00394. The van der Waals surface area contributed by atoms with Crippen LogP contribution in [0.2, 0.25) is 0 Å². The lowest BCUT2D eigenvalue weighted by Crippen LogP contribution is -2.51. The zero-order valence-corrected chi connectivity index (χ0v) is 13.4. The summed E-state index contributed by atoms with van der Waals surface area (Å²) in [6.45, 7) is -0.979. The van der Waals surface area contributed by atoms with Crippen LogP contribution >= 0.6 is 15.9 Å². The van der Waals surface area contributed by atoms with Gasteiger partial charge in [0.2, 0.25) is 5.03 Å². The van der Waals surface area contributed by atoms with E-state index >= 15 is 0 Å². The van der Waals surface area contributed by atoms with Gasteiger partial charge in [0.25, 0.3) is 10.0 Å². The Morgan fingerprint density at radius 1 is 1.24 bits per heavy atom. The maximum Gasteiger partial charge on any atom is 0.401 e. The average molecular weight is 392 g/mol. The van der Waals surface area contributed by atoms with Crippen LogP contribution in [0.1, 0.15) is 0 Å². The molecule has 0 bridgehead atoms. The minimum atomic E-state index is -4.28. The smallest absolute Gasteiger partial charge is 0.292 e. The van der Waals surface area contributed by atoms with E-state index in [1.54, 1.807) is 0 Å². The van der Waals surface area contributed by atoms with E-state index in [-0.39, 0.29) is 35.8 Å². The van der Waals surface area contributed by atoms with Gasteiger partial charge in [-0.25, -0.2) is 13.1 Å². The van der Waals surface area contributed by atoms with Crippen molar-refractivity contribution in [2.24, 2.45) is 7.05 Å². The third-order valence-corrected chi connectivity index (χ3v) is 5.84. The molecule has 1 fully saturated rings. The molecule has 0 atom stereocenters. The molecule has 0 unspecified atom stereocenters. The topological polar surface area (TPSA) is 71.3 Å². The molecule has 2 rings (SSSR count). The van der Waals surface area contributed by atoms with Gasteiger partial charge in [-0.1, -0.05) is 5.21 Å². The van der Waals surface area contributed by atoms with E-state index < -0.39 is 22.7 Å². The lowest BCUT2D eigenvalue weighted by molar-refractivity contribution is -0.148. The highest BCUT2D eigenvalue weighted by Gasteiger charge is 2.36. The first kappa shape index (κ1) is 16.6. The highest BCUT2D eigenvalue weighted by atomic mass is 79.9. The van der Waals surface area contributed by atoms with Gasteiger partial charge in [-0.2, -0.15) is 17.5 Å². The van der Waals surface area contributed by atoms with Gasteiger partial charge < -0.3 is 0 Å². The monoisotopic (exact) mass is 391 g/mol. The number of nitrogens with zero attached hydrogens (tertiary/aromatic N) is 5. The molecule has 0 saturated carbocycles. The number of hydrogen-bond acceptors (Lipinski definition) is 5. The minimum Gasteiger partial charge on any atom is -0.292 e. The standard InChI is InChI=1S/C9H13BrF3N5O2S/c1-16-8(7(10)14-15-16)21(19,20)18-4-2-17(3-5-18)6-9(11,12)13/h2-6H2,1H3. The molecule has 1 saturated heterocycles. The number of halogens is 4. The second-order valence-electron chi connectivity index (χ2n) is 4.60. The van der Waals surface area contributed by atoms with Crippen molar-refractivity contribution >= 4 is 26.0 Å². The van der Waals surface area contributed by atoms with Crippen molar-refractivity contribution in [2.75, 3.05) is 32.7 Å². The van der Waals surface area contributed by atoms with E-state index in [2.05, 4.69) is 26.2 Å². The van der Waals surface area contributed by atoms with Crippen LogP contribution in [0.15, 0.2) is 9.63 Å². The van der Waals surface area contributed by atoms with Gasteiger partial charge in [-0.05, 0) is 15.9 Å². The second kappa shape index (κ2) is 5.82. The maximum absolute atomic E-state index is 12.4. The van der Waals surface area contributed by atoms with Gasteiger partial charge >= 0.3 is 6.18 Å². The van der Waals surface area contributed by atoms with Crippen LogP contribution in [-0.2, 0) is 17.1 Å². The molecule has 0 aliphatic carbocycles. The summed E-state index contributed by atoms with van der Waals surface area (Å²) in [6.07, 6.45) is -4.28. The summed E-state index contributed by atoms with van der Waals surface area (Å²) < 4.78 is 64.1. The lowest BCUT2D eigenvalue weighted by Gasteiger charge is -2.34. The molecule has 0 N–H and O–H groups in total. The summed E-state index contributed by atoms with van der Waals surface area (Å²) in [5.41, 5.74) is 0. The van der Waals surface area contributed by atoms with Crippen molar-refractivity contribution in [1.29, 1.82) is 0 Å². The van der Waals surface area contributed by atoms with E-state index in [9.17, 15) is 21.6 Å².